The molecule has 0 saturated carbocycles. The summed E-state index contributed by atoms with van der Waals surface area (Å²) >= 11 is 5.88. The third kappa shape index (κ3) is 4.30. The first kappa shape index (κ1) is 18.0. The Morgan fingerprint density at radius 1 is 0.929 bits per heavy atom. The molecule has 0 aliphatic carbocycles. The Hall–Kier alpha value is -3.37. The number of carbonyl (C=O) groups is 1. The van der Waals surface area contributed by atoms with E-state index in [1.807, 2.05) is 54.6 Å². The van der Waals surface area contributed by atoms with Crippen LogP contribution in [0.25, 0.3) is 6.08 Å². The third-order valence-corrected chi connectivity index (χ3v) is 4.40. The molecule has 3 aromatic rings. The van der Waals surface area contributed by atoms with E-state index in [0.717, 1.165) is 16.9 Å². The van der Waals surface area contributed by atoms with E-state index >= 15 is 0 Å². The van der Waals surface area contributed by atoms with Gasteiger partial charge >= 0.3 is 5.97 Å². The monoisotopic (exact) mass is 389 g/mol. The lowest BCUT2D eigenvalue weighted by Crippen LogP contribution is -2.05. The van der Waals surface area contributed by atoms with Crippen molar-refractivity contribution in [1.29, 1.82) is 0 Å². The van der Waals surface area contributed by atoms with E-state index in [2.05, 4.69) is 4.99 Å². The van der Waals surface area contributed by atoms with E-state index in [4.69, 9.17) is 21.1 Å². The van der Waals surface area contributed by atoms with E-state index in [0.29, 0.717) is 17.2 Å². The number of esters is 1. The fourth-order valence-electron chi connectivity index (χ4n) is 2.68. The highest BCUT2D eigenvalue weighted by atomic mass is 35.5. The van der Waals surface area contributed by atoms with E-state index < -0.39 is 5.97 Å². The molecule has 0 aromatic heterocycles. The van der Waals surface area contributed by atoms with Crippen LogP contribution >= 0.6 is 11.6 Å². The smallest absolute Gasteiger partial charge is 0.363 e. The van der Waals surface area contributed by atoms with Crippen LogP contribution in [0.15, 0.2) is 89.6 Å². The first-order valence-electron chi connectivity index (χ1n) is 8.73. The number of ether oxygens (including phenoxy) is 2. The van der Waals surface area contributed by atoms with Crippen molar-refractivity contribution in [3.05, 3.63) is 106 Å². The molecule has 4 nitrogen and oxygen atoms in total. The van der Waals surface area contributed by atoms with Gasteiger partial charge in [0.1, 0.15) is 12.4 Å². The molecule has 0 saturated heterocycles. The van der Waals surface area contributed by atoms with Gasteiger partial charge in [-0.1, -0.05) is 54.1 Å². The quantitative estimate of drug-likeness (QED) is 0.441. The maximum atomic E-state index is 12.1. The summed E-state index contributed by atoms with van der Waals surface area (Å²) < 4.78 is 11.0. The molecule has 0 N–H and O–H groups in total. The lowest BCUT2D eigenvalue weighted by molar-refractivity contribution is -0.129. The van der Waals surface area contributed by atoms with Crippen LogP contribution in [0, 0.1) is 0 Å². The van der Waals surface area contributed by atoms with Gasteiger partial charge in [-0.05, 0) is 53.6 Å². The topological polar surface area (TPSA) is 47.9 Å². The summed E-state index contributed by atoms with van der Waals surface area (Å²) in [4.78, 5) is 16.4. The number of cyclic esters (lactones) is 1. The fraction of sp³-hybridized carbons (Fsp3) is 0.0435. The molecule has 0 spiro atoms. The summed E-state index contributed by atoms with van der Waals surface area (Å²) in [5, 5.41) is 0.610. The Kier molecular flexibility index (Phi) is 5.22. The molecule has 4 rings (SSSR count). The zero-order valence-electron chi connectivity index (χ0n) is 14.8. The number of carbonyl (C=O) groups excluding carboxylic acids is 1. The highest BCUT2D eigenvalue weighted by Gasteiger charge is 2.24. The number of hydrogen-bond acceptors (Lipinski definition) is 4. The predicted molar refractivity (Wildman–Crippen MR) is 109 cm³/mol. The van der Waals surface area contributed by atoms with Gasteiger partial charge in [0.15, 0.2) is 5.70 Å². The van der Waals surface area contributed by atoms with Gasteiger partial charge in [-0.2, -0.15) is 0 Å². The normalized spacial score (nSPS) is 14.7. The SMILES string of the molecule is O=C1OC(c2ccc(Cl)cc2)=NC1=Cc1ccc(OCc2ccccc2)cc1. The molecule has 0 unspecified atom stereocenters. The van der Waals surface area contributed by atoms with Crippen LogP contribution in [-0.2, 0) is 16.1 Å². The van der Waals surface area contributed by atoms with Gasteiger partial charge in [0.25, 0.3) is 0 Å². The summed E-state index contributed by atoms with van der Waals surface area (Å²) in [7, 11) is 0. The number of hydrogen-bond donors (Lipinski definition) is 0. The zero-order chi connectivity index (χ0) is 19.3. The van der Waals surface area contributed by atoms with Crippen molar-refractivity contribution in [2.75, 3.05) is 0 Å². The molecule has 28 heavy (non-hydrogen) atoms. The second-order valence-corrected chi connectivity index (χ2v) is 6.62. The van der Waals surface area contributed by atoms with Gasteiger partial charge in [0, 0.05) is 10.6 Å². The molecule has 0 fully saturated rings. The first-order chi connectivity index (χ1) is 13.7. The van der Waals surface area contributed by atoms with Crippen molar-refractivity contribution >= 4 is 29.5 Å². The van der Waals surface area contributed by atoms with E-state index in [9.17, 15) is 4.79 Å². The fourth-order valence-corrected chi connectivity index (χ4v) is 2.81. The summed E-state index contributed by atoms with van der Waals surface area (Å²) in [6, 6.07) is 24.4. The van der Waals surface area contributed by atoms with Gasteiger partial charge < -0.3 is 9.47 Å². The van der Waals surface area contributed by atoms with Crippen LogP contribution in [0.3, 0.4) is 0 Å². The van der Waals surface area contributed by atoms with Crippen molar-refractivity contribution in [2.45, 2.75) is 6.61 Å². The van der Waals surface area contributed by atoms with Crippen LogP contribution in [0.5, 0.6) is 5.75 Å². The average molecular weight is 390 g/mol. The number of halogens is 1. The highest BCUT2D eigenvalue weighted by molar-refractivity contribution is 6.30. The summed E-state index contributed by atoms with van der Waals surface area (Å²) in [5.41, 5.74) is 2.89. The van der Waals surface area contributed by atoms with Gasteiger partial charge in [-0.15, -0.1) is 0 Å². The predicted octanol–water partition coefficient (Wildman–Crippen LogP) is 5.26. The molecule has 5 heteroatoms. The van der Waals surface area contributed by atoms with Crippen LogP contribution in [0.2, 0.25) is 5.02 Å². The largest absolute Gasteiger partial charge is 0.489 e. The Bertz CT molecular complexity index is 1040. The third-order valence-electron chi connectivity index (χ3n) is 4.14. The molecule has 138 valence electrons. The summed E-state index contributed by atoms with van der Waals surface area (Å²) in [5.74, 6) is 0.551. The Morgan fingerprint density at radius 3 is 2.36 bits per heavy atom. The molecule has 1 heterocycles. The van der Waals surface area contributed by atoms with Gasteiger partial charge in [-0.3, -0.25) is 0 Å². The van der Waals surface area contributed by atoms with E-state index in [1.54, 1.807) is 30.3 Å². The first-order valence-corrected chi connectivity index (χ1v) is 9.10. The standard InChI is InChI=1S/C23H16ClNO3/c24-19-10-8-18(9-11-19)22-25-21(23(26)28-22)14-16-6-12-20(13-7-16)27-15-17-4-2-1-3-5-17/h1-14H,15H2. The van der Waals surface area contributed by atoms with Crippen molar-refractivity contribution < 1.29 is 14.3 Å². The molecule has 0 radical (unpaired) electrons. The van der Waals surface area contributed by atoms with Crippen LogP contribution in [0.1, 0.15) is 16.7 Å². The van der Waals surface area contributed by atoms with E-state index in [-0.39, 0.29) is 11.6 Å². The minimum Gasteiger partial charge on any atom is -0.489 e. The second-order valence-electron chi connectivity index (χ2n) is 6.19. The zero-order valence-corrected chi connectivity index (χ0v) is 15.6. The van der Waals surface area contributed by atoms with Crippen molar-refractivity contribution in [1.82, 2.24) is 0 Å². The molecular formula is C23H16ClNO3. The molecule has 1 aliphatic heterocycles. The van der Waals surface area contributed by atoms with Gasteiger partial charge in [0.2, 0.25) is 5.90 Å². The lowest BCUT2D eigenvalue weighted by atomic mass is 10.2. The summed E-state index contributed by atoms with van der Waals surface area (Å²) in [6.45, 7) is 0.502. The molecule has 0 atom stereocenters. The molecule has 0 amide bonds. The van der Waals surface area contributed by atoms with Gasteiger partial charge in [0.05, 0.1) is 0 Å². The number of benzene rings is 3. The number of aliphatic imine (C=N–C) groups is 1. The van der Waals surface area contributed by atoms with Crippen LogP contribution in [0.4, 0.5) is 0 Å². The Balaban J connectivity index is 1.46. The van der Waals surface area contributed by atoms with Crippen molar-refractivity contribution in [3.8, 4) is 5.75 Å². The number of nitrogens with zero attached hydrogens (tertiary/aromatic N) is 1. The molecule has 3 aromatic carbocycles. The maximum absolute atomic E-state index is 12.1. The molecule has 0 bridgehead atoms. The minimum absolute atomic E-state index is 0.253. The van der Waals surface area contributed by atoms with Crippen LogP contribution < -0.4 is 4.74 Å². The van der Waals surface area contributed by atoms with Gasteiger partial charge in [-0.25, -0.2) is 9.79 Å². The second kappa shape index (κ2) is 8.11. The van der Waals surface area contributed by atoms with Crippen molar-refractivity contribution in [2.24, 2.45) is 4.99 Å². The number of rotatable bonds is 5. The average Bonchev–Trinajstić information content (AvgIpc) is 3.09. The minimum atomic E-state index is -0.477. The van der Waals surface area contributed by atoms with E-state index in [1.165, 1.54) is 0 Å². The van der Waals surface area contributed by atoms with Crippen molar-refractivity contribution in [3.63, 3.8) is 0 Å². The van der Waals surface area contributed by atoms with Crippen LogP contribution in [-0.4, -0.2) is 11.9 Å². The Morgan fingerprint density at radius 2 is 1.64 bits per heavy atom. The Labute approximate surface area is 167 Å². The highest BCUT2D eigenvalue weighted by Crippen LogP contribution is 2.21. The lowest BCUT2D eigenvalue weighted by Gasteiger charge is -2.06. The molecule has 1 aliphatic rings. The summed E-state index contributed by atoms with van der Waals surface area (Å²) in [6.07, 6.45) is 1.69. The maximum Gasteiger partial charge on any atom is 0.363 e. The molecular weight excluding hydrogens is 374 g/mol.